The van der Waals surface area contributed by atoms with Crippen molar-refractivity contribution in [2.75, 3.05) is 13.6 Å². The number of aliphatic carboxylic acids is 1. The monoisotopic (exact) mass is 325 g/mol. The maximum Gasteiger partial charge on any atom is 0.308 e. The lowest BCUT2D eigenvalue weighted by atomic mass is 10.1. The van der Waals surface area contributed by atoms with E-state index in [0.717, 1.165) is 21.7 Å². The van der Waals surface area contributed by atoms with Gasteiger partial charge in [0.1, 0.15) is 11.3 Å². The molecule has 0 aliphatic rings. The molecule has 1 aromatic heterocycles. The number of nitrogens with zero attached hydrogens (tertiary/aromatic N) is 1. The van der Waals surface area contributed by atoms with E-state index in [-0.39, 0.29) is 18.9 Å². The van der Waals surface area contributed by atoms with Gasteiger partial charge in [-0.2, -0.15) is 0 Å². The van der Waals surface area contributed by atoms with Gasteiger partial charge < -0.3 is 14.4 Å². The molecule has 0 radical (unpaired) electrons. The number of carboxylic acid groups (broad SMARTS) is 1. The summed E-state index contributed by atoms with van der Waals surface area (Å²) in [5.74, 6) is -1.09. The highest BCUT2D eigenvalue weighted by Crippen LogP contribution is 2.28. The molecule has 0 bridgehead atoms. The van der Waals surface area contributed by atoms with E-state index in [0.29, 0.717) is 5.76 Å². The molecule has 2 aromatic carbocycles. The predicted molar refractivity (Wildman–Crippen MR) is 91.9 cm³/mol. The van der Waals surface area contributed by atoms with Crippen LogP contribution in [-0.2, 0) is 16.0 Å². The van der Waals surface area contributed by atoms with Crippen molar-refractivity contribution in [3.8, 4) is 0 Å². The summed E-state index contributed by atoms with van der Waals surface area (Å²) >= 11 is 0. The highest BCUT2D eigenvalue weighted by Gasteiger charge is 2.19. The Hall–Kier alpha value is -2.82. The third kappa shape index (κ3) is 3.11. The fraction of sp³-hybridized carbons (Fsp3) is 0.263. The fourth-order valence-corrected chi connectivity index (χ4v) is 2.81. The van der Waals surface area contributed by atoms with Gasteiger partial charge in [-0.3, -0.25) is 9.59 Å². The molecule has 1 N–H and O–H groups in total. The Kier molecular flexibility index (Phi) is 4.25. The number of furan rings is 1. The van der Waals surface area contributed by atoms with Gasteiger partial charge in [0.25, 0.3) is 0 Å². The van der Waals surface area contributed by atoms with E-state index in [4.69, 9.17) is 9.52 Å². The molecule has 0 aliphatic heterocycles. The smallest absolute Gasteiger partial charge is 0.308 e. The van der Waals surface area contributed by atoms with Gasteiger partial charge in [0.15, 0.2) is 0 Å². The number of benzene rings is 2. The van der Waals surface area contributed by atoms with Crippen LogP contribution in [0.4, 0.5) is 0 Å². The van der Waals surface area contributed by atoms with E-state index in [1.165, 1.54) is 4.90 Å². The van der Waals surface area contributed by atoms with Crippen LogP contribution in [0.1, 0.15) is 12.7 Å². The van der Waals surface area contributed by atoms with Gasteiger partial charge in [-0.1, -0.05) is 37.3 Å². The van der Waals surface area contributed by atoms with Crippen molar-refractivity contribution in [3.63, 3.8) is 0 Å². The lowest BCUT2D eigenvalue weighted by Gasteiger charge is -2.18. The SMILES string of the molecule is CC(CN(C)C(=O)Cc1cc2c(ccc3ccccc32)o1)C(=O)O. The van der Waals surface area contributed by atoms with Gasteiger partial charge in [-0.25, -0.2) is 0 Å². The average Bonchev–Trinajstić information content (AvgIpc) is 2.97. The number of carbonyl (C=O) groups excluding carboxylic acids is 1. The summed E-state index contributed by atoms with van der Waals surface area (Å²) in [7, 11) is 1.61. The third-order valence-corrected chi connectivity index (χ3v) is 4.20. The minimum atomic E-state index is -0.912. The summed E-state index contributed by atoms with van der Waals surface area (Å²) in [6, 6.07) is 13.8. The van der Waals surface area contributed by atoms with Crippen LogP contribution in [0.3, 0.4) is 0 Å². The Morgan fingerprint density at radius 2 is 1.92 bits per heavy atom. The minimum Gasteiger partial charge on any atom is -0.481 e. The van der Waals surface area contributed by atoms with Gasteiger partial charge in [-0.15, -0.1) is 0 Å². The van der Waals surface area contributed by atoms with Crippen LogP contribution in [-0.4, -0.2) is 35.5 Å². The van der Waals surface area contributed by atoms with E-state index >= 15 is 0 Å². The minimum absolute atomic E-state index is 0.117. The molecule has 1 amide bonds. The second kappa shape index (κ2) is 6.35. The van der Waals surface area contributed by atoms with Crippen molar-refractivity contribution in [2.45, 2.75) is 13.3 Å². The zero-order valence-corrected chi connectivity index (χ0v) is 13.7. The van der Waals surface area contributed by atoms with Gasteiger partial charge in [0, 0.05) is 19.0 Å². The van der Waals surface area contributed by atoms with E-state index in [1.807, 2.05) is 42.5 Å². The summed E-state index contributed by atoms with van der Waals surface area (Å²) in [6.07, 6.45) is 0.117. The van der Waals surface area contributed by atoms with Crippen LogP contribution in [0.25, 0.3) is 21.7 Å². The molecule has 3 aromatic rings. The van der Waals surface area contributed by atoms with Crippen LogP contribution < -0.4 is 0 Å². The Morgan fingerprint density at radius 1 is 1.17 bits per heavy atom. The Morgan fingerprint density at radius 3 is 2.67 bits per heavy atom. The first-order valence-corrected chi connectivity index (χ1v) is 7.82. The topological polar surface area (TPSA) is 70.8 Å². The Labute approximate surface area is 139 Å². The van der Waals surface area contributed by atoms with E-state index < -0.39 is 11.9 Å². The summed E-state index contributed by atoms with van der Waals surface area (Å²) < 4.78 is 5.79. The van der Waals surface area contributed by atoms with Crippen LogP contribution in [0.5, 0.6) is 0 Å². The van der Waals surface area contributed by atoms with Crippen LogP contribution in [0.15, 0.2) is 46.9 Å². The first-order chi connectivity index (χ1) is 11.5. The number of hydrogen-bond acceptors (Lipinski definition) is 3. The van der Waals surface area contributed by atoms with Crippen LogP contribution >= 0.6 is 0 Å². The van der Waals surface area contributed by atoms with Crippen molar-refractivity contribution in [1.82, 2.24) is 4.90 Å². The molecule has 0 saturated carbocycles. The molecule has 0 aliphatic carbocycles. The fourth-order valence-electron chi connectivity index (χ4n) is 2.81. The van der Waals surface area contributed by atoms with Crippen molar-refractivity contribution in [1.29, 1.82) is 0 Å². The number of likely N-dealkylation sites (N-methyl/N-ethyl adjacent to an activating group) is 1. The van der Waals surface area contributed by atoms with Gasteiger partial charge in [0.2, 0.25) is 5.91 Å². The Balaban J connectivity index is 1.81. The molecule has 0 saturated heterocycles. The number of rotatable bonds is 5. The Bertz CT molecular complexity index is 912. The maximum absolute atomic E-state index is 12.3. The first-order valence-electron chi connectivity index (χ1n) is 7.82. The molecule has 0 spiro atoms. The van der Waals surface area contributed by atoms with Gasteiger partial charge >= 0.3 is 5.97 Å². The standard InChI is InChI=1S/C19H19NO4/c1-12(19(22)23)11-20(2)18(21)10-14-9-16-15-6-4-3-5-13(15)7-8-17(16)24-14/h3-9,12H,10-11H2,1-2H3,(H,22,23). The zero-order valence-electron chi connectivity index (χ0n) is 13.7. The van der Waals surface area contributed by atoms with Crippen molar-refractivity contribution < 1.29 is 19.1 Å². The second-order valence-electron chi connectivity index (χ2n) is 6.10. The summed E-state index contributed by atoms with van der Waals surface area (Å²) in [5.41, 5.74) is 0.748. The lowest BCUT2D eigenvalue weighted by molar-refractivity contribution is -0.142. The average molecular weight is 325 g/mol. The lowest BCUT2D eigenvalue weighted by Crippen LogP contribution is -2.34. The molecule has 24 heavy (non-hydrogen) atoms. The number of hydrogen-bond donors (Lipinski definition) is 1. The molecule has 1 unspecified atom stereocenters. The van der Waals surface area contributed by atoms with E-state index in [1.54, 1.807) is 14.0 Å². The van der Waals surface area contributed by atoms with E-state index in [2.05, 4.69) is 0 Å². The van der Waals surface area contributed by atoms with Crippen LogP contribution in [0, 0.1) is 5.92 Å². The summed E-state index contributed by atoms with van der Waals surface area (Å²) in [6.45, 7) is 1.76. The molecular formula is C19H19NO4. The highest BCUT2D eigenvalue weighted by molar-refractivity contribution is 6.06. The maximum atomic E-state index is 12.3. The van der Waals surface area contributed by atoms with Crippen molar-refractivity contribution in [3.05, 3.63) is 48.2 Å². The molecular weight excluding hydrogens is 306 g/mol. The zero-order chi connectivity index (χ0) is 17.3. The summed E-state index contributed by atoms with van der Waals surface area (Å²) in [4.78, 5) is 24.6. The first kappa shape index (κ1) is 16.1. The normalized spacial score (nSPS) is 12.4. The number of fused-ring (bicyclic) bond motifs is 3. The van der Waals surface area contributed by atoms with Gasteiger partial charge in [0.05, 0.1) is 12.3 Å². The predicted octanol–water partition coefficient (Wildman–Crippen LogP) is 3.31. The molecule has 5 heteroatoms. The summed E-state index contributed by atoms with van der Waals surface area (Å²) in [5, 5.41) is 12.1. The number of amides is 1. The molecule has 1 heterocycles. The third-order valence-electron chi connectivity index (χ3n) is 4.20. The second-order valence-corrected chi connectivity index (χ2v) is 6.10. The van der Waals surface area contributed by atoms with E-state index in [9.17, 15) is 9.59 Å². The molecule has 3 rings (SSSR count). The largest absolute Gasteiger partial charge is 0.481 e. The van der Waals surface area contributed by atoms with Crippen LogP contribution in [0.2, 0.25) is 0 Å². The number of carbonyl (C=O) groups is 2. The highest BCUT2D eigenvalue weighted by atomic mass is 16.4. The molecule has 1 atom stereocenters. The molecule has 0 fully saturated rings. The van der Waals surface area contributed by atoms with Crippen molar-refractivity contribution in [2.24, 2.45) is 5.92 Å². The van der Waals surface area contributed by atoms with Gasteiger partial charge in [-0.05, 0) is 22.9 Å². The quantitative estimate of drug-likeness (QED) is 0.781. The van der Waals surface area contributed by atoms with Crippen molar-refractivity contribution >= 4 is 33.6 Å². The molecule has 124 valence electrons. The number of carboxylic acids is 1. The molecule has 5 nitrogen and oxygen atoms in total.